The summed E-state index contributed by atoms with van der Waals surface area (Å²) in [4.78, 5) is 18.1. The summed E-state index contributed by atoms with van der Waals surface area (Å²) in [7, 11) is 5.61. The van der Waals surface area contributed by atoms with Gasteiger partial charge in [-0.2, -0.15) is 0 Å². The first-order valence-corrected chi connectivity index (χ1v) is 5.15. The van der Waals surface area contributed by atoms with Gasteiger partial charge >= 0.3 is 0 Å². The average molecular weight is 217 g/mol. The molecule has 0 unspecified atom stereocenters. The van der Waals surface area contributed by atoms with Crippen molar-refractivity contribution in [2.45, 2.75) is 6.92 Å². The Labute approximate surface area is 94.1 Å². The van der Waals surface area contributed by atoms with Gasteiger partial charge in [-0.1, -0.05) is 0 Å². The zero-order chi connectivity index (χ0) is 11.9. The van der Waals surface area contributed by atoms with E-state index in [2.05, 4.69) is 4.98 Å². The van der Waals surface area contributed by atoms with Crippen molar-refractivity contribution in [3.05, 3.63) is 34.1 Å². The smallest absolute Gasteiger partial charge is 0.252 e. The fraction of sp³-hybridized carbons (Fsp3) is 0.333. The van der Waals surface area contributed by atoms with E-state index in [4.69, 9.17) is 0 Å². The van der Waals surface area contributed by atoms with Crippen LogP contribution in [0.15, 0.2) is 23.0 Å². The third kappa shape index (κ3) is 1.56. The minimum absolute atomic E-state index is 0.0200. The largest absolute Gasteiger partial charge is 0.363 e. The van der Waals surface area contributed by atoms with E-state index in [0.29, 0.717) is 0 Å². The van der Waals surface area contributed by atoms with Crippen LogP contribution in [0.4, 0.5) is 5.82 Å². The number of rotatable bonds is 1. The highest BCUT2D eigenvalue weighted by Gasteiger charge is 2.06. The Hall–Kier alpha value is -1.84. The molecular weight excluding hydrogens is 202 g/mol. The highest BCUT2D eigenvalue weighted by molar-refractivity contribution is 5.80. The van der Waals surface area contributed by atoms with Crippen LogP contribution in [0.25, 0.3) is 11.0 Å². The molecule has 0 spiro atoms. The molecule has 0 bridgehead atoms. The maximum absolute atomic E-state index is 11.6. The summed E-state index contributed by atoms with van der Waals surface area (Å²) in [5.41, 5.74) is 1.68. The number of nitrogens with zero attached hydrogens (tertiary/aromatic N) is 3. The van der Waals surface area contributed by atoms with Crippen molar-refractivity contribution in [2.75, 3.05) is 19.0 Å². The molecule has 0 fully saturated rings. The van der Waals surface area contributed by atoms with E-state index in [9.17, 15) is 4.79 Å². The fourth-order valence-corrected chi connectivity index (χ4v) is 1.72. The van der Waals surface area contributed by atoms with Crippen LogP contribution in [-0.4, -0.2) is 23.6 Å². The van der Waals surface area contributed by atoms with E-state index in [1.54, 1.807) is 17.7 Å². The normalized spacial score (nSPS) is 10.8. The first-order chi connectivity index (χ1) is 7.50. The van der Waals surface area contributed by atoms with Crippen molar-refractivity contribution >= 4 is 16.9 Å². The summed E-state index contributed by atoms with van der Waals surface area (Å²) >= 11 is 0. The molecule has 2 aromatic heterocycles. The molecule has 0 saturated carbocycles. The Morgan fingerprint density at radius 2 is 2.00 bits per heavy atom. The number of anilines is 1. The summed E-state index contributed by atoms with van der Waals surface area (Å²) in [6.45, 7) is 1.93. The monoisotopic (exact) mass is 217 g/mol. The van der Waals surface area contributed by atoms with Gasteiger partial charge in [0.1, 0.15) is 11.5 Å². The van der Waals surface area contributed by atoms with E-state index >= 15 is 0 Å². The molecular formula is C12H15N3O. The minimum atomic E-state index is -0.0200. The SMILES string of the molecule is Cc1cc(=O)n(C)c2nc(N(C)C)ccc12. The van der Waals surface area contributed by atoms with Crippen LogP contribution in [0.1, 0.15) is 5.56 Å². The average Bonchev–Trinajstić information content (AvgIpc) is 2.25. The van der Waals surface area contributed by atoms with Crippen molar-refractivity contribution in [2.24, 2.45) is 7.05 Å². The number of pyridine rings is 2. The molecule has 0 N–H and O–H groups in total. The molecule has 0 aliphatic heterocycles. The number of fused-ring (bicyclic) bond motifs is 1. The van der Waals surface area contributed by atoms with Crippen LogP contribution in [-0.2, 0) is 7.05 Å². The predicted octanol–water partition coefficient (Wildman–Crippen LogP) is 1.31. The zero-order valence-electron chi connectivity index (χ0n) is 9.98. The Morgan fingerprint density at radius 3 is 2.62 bits per heavy atom. The summed E-state index contributed by atoms with van der Waals surface area (Å²) in [6.07, 6.45) is 0. The molecule has 2 heterocycles. The van der Waals surface area contributed by atoms with Crippen LogP contribution in [0.2, 0.25) is 0 Å². The summed E-state index contributed by atoms with van der Waals surface area (Å²) in [6, 6.07) is 5.60. The van der Waals surface area contributed by atoms with Crippen LogP contribution >= 0.6 is 0 Å². The maximum Gasteiger partial charge on any atom is 0.252 e. The van der Waals surface area contributed by atoms with Gasteiger partial charge in [0, 0.05) is 32.6 Å². The van der Waals surface area contributed by atoms with Gasteiger partial charge in [-0.25, -0.2) is 4.98 Å². The second-order valence-electron chi connectivity index (χ2n) is 4.16. The highest BCUT2D eigenvalue weighted by atomic mass is 16.1. The molecule has 4 nitrogen and oxygen atoms in total. The second kappa shape index (κ2) is 3.63. The van der Waals surface area contributed by atoms with E-state index in [0.717, 1.165) is 22.4 Å². The van der Waals surface area contributed by atoms with Gasteiger partial charge < -0.3 is 4.90 Å². The molecule has 0 aromatic carbocycles. The van der Waals surface area contributed by atoms with Gasteiger partial charge in [-0.15, -0.1) is 0 Å². The van der Waals surface area contributed by atoms with Crippen molar-refractivity contribution in [1.82, 2.24) is 9.55 Å². The van der Waals surface area contributed by atoms with E-state index < -0.39 is 0 Å². The second-order valence-corrected chi connectivity index (χ2v) is 4.16. The zero-order valence-corrected chi connectivity index (χ0v) is 9.98. The van der Waals surface area contributed by atoms with Gasteiger partial charge in [-0.3, -0.25) is 9.36 Å². The van der Waals surface area contributed by atoms with Gasteiger partial charge in [0.15, 0.2) is 0 Å². The standard InChI is InChI=1S/C12H15N3O/c1-8-7-11(16)15(4)12-9(8)5-6-10(13-12)14(2)3/h5-7H,1-4H3. The van der Waals surface area contributed by atoms with E-state index in [-0.39, 0.29) is 5.56 Å². The molecule has 0 saturated heterocycles. The molecule has 0 radical (unpaired) electrons. The van der Waals surface area contributed by atoms with Crippen LogP contribution < -0.4 is 10.5 Å². The lowest BCUT2D eigenvalue weighted by Gasteiger charge is -2.13. The molecule has 0 amide bonds. The van der Waals surface area contributed by atoms with Crippen molar-refractivity contribution < 1.29 is 0 Å². The van der Waals surface area contributed by atoms with Gasteiger partial charge in [0.2, 0.25) is 0 Å². The molecule has 4 heteroatoms. The molecule has 0 atom stereocenters. The molecule has 0 aliphatic carbocycles. The lowest BCUT2D eigenvalue weighted by molar-refractivity contribution is 0.881. The van der Waals surface area contributed by atoms with Crippen molar-refractivity contribution in [3.63, 3.8) is 0 Å². The van der Waals surface area contributed by atoms with Crippen molar-refractivity contribution in [3.8, 4) is 0 Å². The quantitative estimate of drug-likeness (QED) is 0.722. The maximum atomic E-state index is 11.6. The number of hydrogen-bond acceptors (Lipinski definition) is 3. The molecule has 84 valence electrons. The van der Waals surface area contributed by atoms with E-state index in [1.807, 2.05) is 38.1 Å². The van der Waals surface area contributed by atoms with Crippen molar-refractivity contribution in [1.29, 1.82) is 0 Å². The Kier molecular flexibility index (Phi) is 2.42. The predicted molar refractivity (Wildman–Crippen MR) is 66.0 cm³/mol. The lowest BCUT2D eigenvalue weighted by Crippen LogP contribution is -2.19. The summed E-state index contributed by atoms with van der Waals surface area (Å²) in [5, 5.41) is 1.02. The first-order valence-electron chi connectivity index (χ1n) is 5.15. The van der Waals surface area contributed by atoms with Crippen LogP contribution in [0.5, 0.6) is 0 Å². The Morgan fingerprint density at radius 1 is 1.31 bits per heavy atom. The van der Waals surface area contributed by atoms with Gasteiger partial charge in [-0.05, 0) is 24.6 Å². The first kappa shape index (κ1) is 10.7. The van der Waals surface area contributed by atoms with Crippen LogP contribution in [0.3, 0.4) is 0 Å². The summed E-state index contributed by atoms with van der Waals surface area (Å²) < 4.78 is 1.58. The minimum Gasteiger partial charge on any atom is -0.363 e. The fourth-order valence-electron chi connectivity index (χ4n) is 1.72. The third-order valence-corrected chi connectivity index (χ3v) is 2.73. The Balaban J connectivity index is 2.86. The summed E-state index contributed by atoms with van der Waals surface area (Å²) in [5.74, 6) is 0.855. The Bertz CT molecular complexity index is 599. The highest BCUT2D eigenvalue weighted by Crippen LogP contribution is 2.17. The lowest BCUT2D eigenvalue weighted by atomic mass is 10.2. The van der Waals surface area contributed by atoms with Gasteiger partial charge in [0.05, 0.1) is 0 Å². The molecule has 0 aliphatic rings. The van der Waals surface area contributed by atoms with E-state index in [1.165, 1.54) is 0 Å². The molecule has 16 heavy (non-hydrogen) atoms. The molecule has 2 rings (SSSR count). The topological polar surface area (TPSA) is 38.1 Å². The van der Waals surface area contributed by atoms with Crippen LogP contribution in [0, 0.1) is 6.92 Å². The van der Waals surface area contributed by atoms with Gasteiger partial charge in [0.25, 0.3) is 5.56 Å². The molecule has 2 aromatic rings. The number of aryl methyl sites for hydroxylation is 2. The number of hydrogen-bond donors (Lipinski definition) is 0. The number of aromatic nitrogens is 2. The third-order valence-electron chi connectivity index (χ3n) is 2.73.